The van der Waals surface area contributed by atoms with Crippen molar-refractivity contribution in [1.29, 1.82) is 0 Å². The molecule has 0 bridgehead atoms. The van der Waals surface area contributed by atoms with Crippen LogP contribution in [0.5, 0.6) is 0 Å². The molecule has 168 valence electrons. The molecular formula is C23H39N5O2. The molecule has 0 atom stereocenters. The van der Waals surface area contributed by atoms with Crippen LogP contribution in [-0.2, 0) is 11.2 Å². The number of likely N-dealkylation sites (tertiary alicyclic amines) is 1. The van der Waals surface area contributed by atoms with Gasteiger partial charge in [-0.3, -0.25) is 9.98 Å². The van der Waals surface area contributed by atoms with Crippen molar-refractivity contribution in [3.05, 3.63) is 29.6 Å². The van der Waals surface area contributed by atoms with Gasteiger partial charge >= 0.3 is 6.09 Å². The first kappa shape index (κ1) is 24.0. The number of hydrogen-bond donors (Lipinski definition) is 1. The summed E-state index contributed by atoms with van der Waals surface area (Å²) in [5.74, 6) is 1.45. The molecule has 2 rings (SSSR count). The van der Waals surface area contributed by atoms with Gasteiger partial charge in [0, 0.05) is 52.2 Å². The Kier molecular flexibility index (Phi) is 8.93. The number of carbonyl (C=O) groups is 1. The lowest BCUT2D eigenvalue weighted by atomic mass is 9.96. The molecule has 7 nitrogen and oxygen atoms in total. The van der Waals surface area contributed by atoms with Crippen molar-refractivity contribution in [2.45, 2.75) is 59.5 Å². The van der Waals surface area contributed by atoms with Gasteiger partial charge in [-0.1, -0.05) is 0 Å². The smallest absolute Gasteiger partial charge is 0.410 e. The quantitative estimate of drug-likeness (QED) is 0.567. The standard InChI is InChI=1S/C23H39N5O2/c1-7-27(22(29)30-23(3,4)5)17-19-10-14-28(15-11-19)21(24-6)26-13-9-20-8-12-25-16-18(20)2/h8,12,16,19H,7,9-11,13-15,17H2,1-6H3,(H,24,26). The highest BCUT2D eigenvalue weighted by molar-refractivity contribution is 5.80. The summed E-state index contributed by atoms with van der Waals surface area (Å²) in [5.41, 5.74) is 2.08. The highest BCUT2D eigenvalue weighted by Gasteiger charge is 2.27. The van der Waals surface area contributed by atoms with E-state index in [1.807, 2.05) is 52.0 Å². The van der Waals surface area contributed by atoms with Gasteiger partial charge in [0.2, 0.25) is 0 Å². The molecule has 1 amide bonds. The Hall–Kier alpha value is -2.31. The number of piperidine rings is 1. The molecule has 1 fully saturated rings. The first-order chi connectivity index (χ1) is 14.2. The van der Waals surface area contributed by atoms with Gasteiger partial charge in [0.05, 0.1) is 0 Å². The summed E-state index contributed by atoms with van der Waals surface area (Å²) in [4.78, 5) is 25.2. The molecule has 0 unspecified atom stereocenters. The fourth-order valence-electron chi connectivity index (χ4n) is 3.72. The molecule has 0 saturated carbocycles. The van der Waals surface area contributed by atoms with Gasteiger partial charge < -0.3 is 19.9 Å². The van der Waals surface area contributed by atoms with E-state index in [0.29, 0.717) is 12.5 Å². The normalized spacial score (nSPS) is 15.8. The summed E-state index contributed by atoms with van der Waals surface area (Å²) in [5, 5.41) is 3.50. The summed E-state index contributed by atoms with van der Waals surface area (Å²) in [6.07, 6.45) is 6.58. The van der Waals surface area contributed by atoms with Crippen LogP contribution in [0.2, 0.25) is 0 Å². The highest BCUT2D eigenvalue weighted by atomic mass is 16.6. The second-order valence-corrected chi connectivity index (χ2v) is 8.98. The minimum absolute atomic E-state index is 0.212. The van der Waals surface area contributed by atoms with E-state index in [1.165, 1.54) is 11.1 Å². The summed E-state index contributed by atoms with van der Waals surface area (Å²) in [6, 6.07) is 2.08. The van der Waals surface area contributed by atoms with Gasteiger partial charge in [0.1, 0.15) is 5.60 Å². The van der Waals surface area contributed by atoms with Crippen LogP contribution in [0.25, 0.3) is 0 Å². The second kappa shape index (κ2) is 11.2. The molecule has 1 N–H and O–H groups in total. The Labute approximate surface area is 181 Å². The third-order valence-corrected chi connectivity index (χ3v) is 5.45. The molecule has 1 aliphatic rings. The second-order valence-electron chi connectivity index (χ2n) is 8.98. The van der Waals surface area contributed by atoms with Crippen LogP contribution in [-0.4, -0.2) is 72.2 Å². The number of aryl methyl sites for hydroxylation is 1. The van der Waals surface area contributed by atoms with Crippen molar-refractivity contribution in [1.82, 2.24) is 20.1 Å². The Morgan fingerprint density at radius 3 is 2.63 bits per heavy atom. The van der Waals surface area contributed by atoms with Crippen LogP contribution in [0.3, 0.4) is 0 Å². The number of rotatable bonds is 6. The minimum Gasteiger partial charge on any atom is -0.444 e. The highest BCUT2D eigenvalue weighted by Crippen LogP contribution is 2.20. The Morgan fingerprint density at radius 1 is 1.37 bits per heavy atom. The molecule has 2 heterocycles. The molecule has 30 heavy (non-hydrogen) atoms. The molecule has 1 aromatic rings. The largest absolute Gasteiger partial charge is 0.444 e. The Bertz CT molecular complexity index is 706. The number of hydrogen-bond acceptors (Lipinski definition) is 4. The van der Waals surface area contributed by atoms with Gasteiger partial charge in [-0.15, -0.1) is 0 Å². The van der Waals surface area contributed by atoms with E-state index < -0.39 is 5.60 Å². The molecular weight excluding hydrogens is 378 g/mol. The fraction of sp³-hybridized carbons (Fsp3) is 0.696. The van der Waals surface area contributed by atoms with Crippen LogP contribution in [0.4, 0.5) is 4.79 Å². The van der Waals surface area contributed by atoms with Crippen LogP contribution < -0.4 is 5.32 Å². The zero-order valence-corrected chi connectivity index (χ0v) is 19.6. The Morgan fingerprint density at radius 2 is 2.07 bits per heavy atom. The predicted molar refractivity (Wildman–Crippen MR) is 122 cm³/mol. The lowest BCUT2D eigenvalue weighted by molar-refractivity contribution is 0.0214. The van der Waals surface area contributed by atoms with Crippen molar-refractivity contribution in [3.8, 4) is 0 Å². The third-order valence-electron chi connectivity index (χ3n) is 5.45. The molecule has 1 saturated heterocycles. The van der Waals surface area contributed by atoms with E-state index in [9.17, 15) is 4.79 Å². The summed E-state index contributed by atoms with van der Waals surface area (Å²) < 4.78 is 5.54. The van der Waals surface area contributed by atoms with Crippen molar-refractivity contribution in [2.24, 2.45) is 10.9 Å². The monoisotopic (exact) mass is 417 g/mol. The Balaban J connectivity index is 1.79. The zero-order valence-electron chi connectivity index (χ0n) is 19.6. The van der Waals surface area contributed by atoms with E-state index >= 15 is 0 Å². The van der Waals surface area contributed by atoms with Crippen molar-refractivity contribution >= 4 is 12.1 Å². The number of ether oxygens (including phenoxy) is 1. The zero-order chi connectivity index (χ0) is 22.1. The van der Waals surface area contributed by atoms with Gasteiger partial charge in [0.25, 0.3) is 0 Å². The average Bonchev–Trinajstić information content (AvgIpc) is 2.70. The van der Waals surface area contributed by atoms with E-state index in [1.54, 1.807) is 0 Å². The number of aromatic nitrogens is 1. The third kappa shape index (κ3) is 7.50. The predicted octanol–water partition coefficient (Wildman–Crippen LogP) is 3.48. The lowest BCUT2D eigenvalue weighted by Gasteiger charge is -2.36. The van der Waals surface area contributed by atoms with Gasteiger partial charge in [-0.2, -0.15) is 0 Å². The molecule has 0 radical (unpaired) electrons. The van der Waals surface area contributed by atoms with Crippen LogP contribution in [0, 0.1) is 12.8 Å². The number of guanidine groups is 1. The van der Waals surface area contributed by atoms with Gasteiger partial charge in [0.15, 0.2) is 5.96 Å². The first-order valence-corrected chi connectivity index (χ1v) is 11.1. The number of nitrogens with one attached hydrogen (secondary N) is 1. The topological polar surface area (TPSA) is 70.1 Å². The number of aliphatic imine (C=N–C) groups is 1. The molecule has 7 heteroatoms. The maximum atomic E-state index is 12.4. The first-order valence-electron chi connectivity index (χ1n) is 11.1. The molecule has 1 aliphatic heterocycles. The number of nitrogens with zero attached hydrogens (tertiary/aromatic N) is 4. The maximum absolute atomic E-state index is 12.4. The molecule has 0 spiro atoms. The number of pyridine rings is 1. The molecule has 0 aliphatic carbocycles. The number of carbonyl (C=O) groups excluding carboxylic acids is 1. The lowest BCUT2D eigenvalue weighted by Crippen LogP contribution is -2.48. The maximum Gasteiger partial charge on any atom is 0.410 e. The van der Waals surface area contributed by atoms with Crippen molar-refractivity contribution < 1.29 is 9.53 Å². The van der Waals surface area contributed by atoms with E-state index in [-0.39, 0.29) is 6.09 Å². The summed E-state index contributed by atoms with van der Waals surface area (Å²) in [7, 11) is 1.84. The SMILES string of the molecule is CCN(CC1CCN(C(=NC)NCCc2ccncc2C)CC1)C(=O)OC(C)(C)C. The van der Waals surface area contributed by atoms with Crippen molar-refractivity contribution in [2.75, 3.05) is 39.8 Å². The van der Waals surface area contributed by atoms with Crippen LogP contribution in [0.1, 0.15) is 51.7 Å². The molecule has 1 aromatic heterocycles. The summed E-state index contributed by atoms with van der Waals surface area (Å²) in [6.45, 7) is 14.0. The minimum atomic E-state index is -0.458. The van der Waals surface area contributed by atoms with E-state index in [2.05, 4.69) is 33.2 Å². The van der Waals surface area contributed by atoms with Crippen molar-refractivity contribution in [3.63, 3.8) is 0 Å². The van der Waals surface area contributed by atoms with Crippen LogP contribution >= 0.6 is 0 Å². The summed E-state index contributed by atoms with van der Waals surface area (Å²) >= 11 is 0. The van der Waals surface area contributed by atoms with E-state index in [4.69, 9.17) is 4.74 Å². The fourth-order valence-corrected chi connectivity index (χ4v) is 3.72. The average molecular weight is 418 g/mol. The van der Waals surface area contributed by atoms with Gasteiger partial charge in [-0.25, -0.2) is 4.79 Å². The number of amides is 1. The molecule has 0 aromatic carbocycles. The van der Waals surface area contributed by atoms with E-state index in [0.717, 1.165) is 51.4 Å². The van der Waals surface area contributed by atoms with Gasteiger partial charge in [-0.05, 0) is 77.0 Å². The van der Waals surface area contributed by atoms with Crippen LogP contribution in [0.15, 0.2) is 23.5 Å².